The average Bonchev–Trinajstić information content (AvgIpc) is 3.06. The lowest BCUT2D eigenvalue weighted by atomic mass is 9.90. The van der Waals surface area contributed by atoms with E-state index in [1.54, 1.807) is 0 Å². The zero-order valence-corrected chi connectivity index (χ0v) is 17.3. The van der Waals surface area contributed by atoms with E-state index in [4.69, 9.17) is 0 Å². The molecule has 0 radical (unpaired) electrons. The Balaban J connectivity index is 1.82. The van der Waals surface area contributed by atoms with Gasteiger partial charge in [0.2, 0.25) is 0 Å². The van der Waals surface area contributed by atoms with Gasteiger partial charge in [0.15, 0.2) is 5.69 Å². The average molecular weight is 374 g/mol. The number of carbonyl (C=O) groups is 1. The largest absolute Gasteiger partial charge is 0.476 e. The molecule has 1 aliphatic carbocycles. The second kappa shape index (κ2) is 7.46. The predicted octanol–water partition coefficient (Wildman–Crippen LogP) is 2.58. The van der Waals surface area contributed by atoms with Gasteiger partial charge in [0.25, 0.3) is 0 Å². The molecule has 0 fully saturated rings. The van der Waals surface area contributed by atoms with Crippen molar-refractivity contribution in [1.29, 1.82) is 0 Å². The molecule has 27 heavy (non-hydrogen) atoms. The molecule has 0 amide bonds. The van der Waals surface area contributed by atoms with Crippen molar-refractivity contribution in [2.24, 2.45) is 13.0 Å². The van der Waals surface area contributed by atoms with Gasteiger partial charge in [0.1, 0.15) is 0 Å². The van der Waals surface area contributed by atoms with Crippen LogP contribution in [0.1, 0.15) is 59.0 Å². The molecule has 2 aromatic rings. The molecule has 0 saturated heterocycles. The van der Waals surface area contributed by atoms with Crippen LogP contribution in [0.4, 0.5) is 0 Å². The van der Waals surface area contributed by atoms with Crippen molar-refractivity contribution in [2.75, 3.05) is 7.05 Å². The van der Waals surface area contributed by atoms with E-state index in [1.165, 1.54) is 11.3 Å². The maximum Gasteiger partial charge on any atom is 0.356 e. The first-order valence-electron chi connectivity index (χ1n) is 9.70. The van der Waals surface area contributed by atoms with Gasteiger partial charge in [-0.1, -0.05) is 13.8 Å². The quantitative estimate of drug-likeness (QED) is 0.842. The molecule has 1 aliphatic rings. The minimum atomic E-state index is -0.920. The number of likely N-dealkylation sites (N-methyl/N-ethyl adjacent to an activating group) is 1. The molecular weight excluding hydrogens is 342 g/mol. The maximum absolute atomic E-state index is 11.7. The van der Waals surface area contributed by atoms with Crippen molar-refractivity contribution < 1.29 is 9.90 Å². The van der Waals surface area contributed by atoms with Gasteiger partial charge in [-0.15, -0.1) is 0 Å². The first kappa shape index (κ1) is 19.6. The number of nitrogens with zero attached hydrogens (tertiary/aromatic N) is 5. The molecule has 1 unspecified atom stereocenters. The molecule has 2 aromatic heterocycles. The van der Waals surface area contributed by atoms with E-state index < -0.39 is 5.97 Å². The van der Waals surface area contributed by atoms with Crippen LogP contribution in [0.15, 0.2) is 0 Å². The monoisotopic (exact) mass is 373 g/mol. The van der Waals surface area contributed by atoms with E-state index in [9.17, 15) is 9.90 Å². The van der Waals surface area contributed by atoms with E-state index in [-0.39, 0.29) is 5.69 Å². The fourth-order valence-electron chi connectivity index (χ4n) is 4.14. The number of aromatic nitrogens is 4. The molecule has 0 bridgehead atoms. The Morgan fingerprint density at radius 1 is 1.33 bits per heavy atom. The SMILES string of the molecule is Cc1nn(C)c(C)c1CN(C)C1CCc2c(c(C(=O)O)nn2CC(C)C)C1. The number of carboxylic acid groups (broad SMARTS) is 1. The highest BCUT2D eigenvalue weighted by Gasteiger charge is 2.31. The van der Waals surface area contributed by atoms with Gasteiger partial charge < -0.3 is 5.11 Å². The second-order valence-electron chi connectivity index (χ2n) is 8.24. The first-order valence-corrected chi connectivity index (χ1v) is 9.70. The Hall–Kier alpha value is -2.15. The molecule has 148 valence electrons. The zero-order valence-electron chi connectivity index (χ0n) is 17.3. The highest BCUT2D eigenvalue weighted by atomic mass is 16.4. The van der Waals surface area contributed by atoms with Crippen molar-refractivity contribution in [3.63, 3.8) is 0 Å². The van der Waals surface area contributed by atoms with Crippen LogP contribution in [0.3, 0.4) is 0 Å². The Kier molecular flexibility index (Phi) is 5.42. The molecule has 1 N–H and O–H groups in total. The minimum Gasteiger partial charge on any atom is -0.476 e. The molecule has 7 nitrogen and oxygen atoms in total. The summed E-state index contributed by atoms with van der Waals surface area (Å²) in [6.45, 7) is 10.0. The number of carboxylic acids is 1. The van der Waals surface area contributed by atoms with E-state index in [2.05, 4.69) is 42.9 Å². The molecule has 2 heterocycles. The van der Waals surface area contributed by atoms with Crippen LogP contribution in [-0.2, 0) is 33.0 Å². The Labute approximate surface area is 161 Å². The third kappa shape index (κ3) is 3.78. The third-order valence-corrected chi connectivity index (χ3v) is 5.75. The number of aryl methyl sites for hydroxylation is 2. The van der Waals surface area contributed by atoms with Gasteiger partial charge in [-0.3, -0.25) is 14.3 Å². The maximum atomic E-state index is 11.7. The fraction of sp³-hybridized carbons (Fsp3) is 0.650. The second-order valence-corrected chi connectivity index (χ2v) is 8.24. The van der Waals surface area contributed by atoms with Gasteiger partial charge in [-0.2, -0.15) is 10.2 Å². The van der Waals surface area contributed by atoms with Crippen LogP contribution in [0.5, 0.6) is 0 Å². The molecule has 7 heteroatoms. The number of hydrogen-bond donors (Lipinski definition) is 1. The summed E-state index contributed by atoms with van der Waals surface area (Å²) < 4.78 is 3.85. The van der Waals surface area contributed by atoms with Gasteiger partial charge in [-0.05, 0) is 46.1 Å². The standard InChI is InChI=1S/C20H31N5O2/c1-12(2)10-25-18-8-7-15(9-16(18)19(22-25)20(26)27)23(5)11-17-13(3)21-24(6)14(17)4/h12,15H,7-11H2,1-6H3,(H,26,27). The molecule has 0 aliphatic heterocycles. The Morgan fingerprint density at radius 3 is 2.59 bits per heavy atom. The number of rotatable bonds is 6. The van der Waals surface area contributed by atoms with Crippen LogP contribution in [-0.4, -0.2) is 48.6 Å². The van der Waals surface area contributed by atoms with Crippen molar-refractivity contribution >= 4 is 5.97 Å². The van der Waals surface area contributed by atoms with Crippen LogP contribution >= 0.6 is 0 Å². The summed E-state index contributed by atoms with van der Waals surface area (Å²) in [5.41, 5.74) is 5.78. The van der Waals surface area contributed by atoms with Gasteiger partial charge in [0.05, 0.1) is 5.69 Å². The topological polar surface area (TPSA) is 76.2 Å². The highest BCUT2D eigenvalue weighted by molar-refractivity contribution is 5.87. The van der Waals surface area contributed by atoms with Gasteiger partial charge in [0, 0.05) is 48.7 Å². The normalized spacial score (nSPS) is 17.0. The van der Waals surface area contributed by atoms with E-state index >= 15 is 0 Å². The Morgan fingerprint density at radius 2 is 2.04 bits per heavy atom. The van der Waals surface area contributed by atoms with Crippen LogP contribution in [0, 0.1) is 19.8 Å². The summed E-state index contributed by atoms with van der Waals surface area (Å²) in [6, 6.07) is 0.311. The Bertz CT molecular complexity index is 849. The summed E-state index contributed by atoms with van der Waals surface area (Å²) in [5.74, 6) is -0.483. The summed E-state index contributed by atoms with van der Waals surface area (Å²) >= 11 is 0. The smallest absolute Gasteiger partial charge is 0.356 e. The number of hydrogen-bond acceptors (Lipinski definition) is 4. The van der Waals surface area contributed by atoms with Crippen molar-refractivity contribution in [1.82, 2.24) is 24.5 Å². The summed E-state index contributed by atoms with van der Waals surface area (Å²) in [6.07, 6.45) is 2.64. The highest BCUT2D eigenvalue weighted by Crippen LogP contribution is 2.29. The third-order valence-electron chi connectivity index (χ3n) is 5.75. The lowest BCUT2D eigenvalue weighted by Crippen LogP contribution is -2.37. The lowest BCUT2D eigenvalue weighted by Gasteiger charge is -2.32. The molecule has 0 aromatic carbocycles. The van der Waals surface area contributed by atoms with Crippen molar-refractivity contribution in [3.05, 3.63) is 33.9 Å². The summed E-state index contributed by atoms with van der Waals surface area (Å²) in [4.78, 5) is 14.1. The van der Waals surface area contributed by atoms with E-state index in [0.29, 0.717) is 12.0 Å². The van der Waals surface area contributed by atoms with Crippen LogP contribution < -0.4 is 0 Å². The molecular formula is C20H31N5O2. The summed E-state index contributed by atoms with van der Waals surface area (Å²) in [7, 11) is 4.10. The van der Waals surface area contributed by atoms with Crippen molar-refractivity contribution in [3.8, 4) is 0 Å². The molecule has 0 spiro atoms. The lowest BCUT2D eigenvalue weighted by molar-refractivity contribution is 0.0687. The first-order chi connectivity index (χ1) is 12.7. The molecule has 0 saturated carbocycles. The van der Waals surface area contributed by atoms with Crippen molar-refractivity contribution in [2.45, 2.75) is 66.1 Å². The predicted molar refractivity (Wildman–Crippen MR) is 104 cm³/mol. The van der Waals surface area contributed by atoms with E-state index in [1.807, 2.05) is 23.3 Å². The fourth-order valence-corrected chi connectivity index (χ4v) is 4.14. The number of aromatic carboxylic acids is 1. The number of fused-ring (bicyclic) bond motifs is 1. The van der Waals surface area contributed by atoms with E-state index in [0.717, 1.165) is 49.3 Å². The molecule has 1 atom stereocenters. The molecule has 3 rings (SSSR count). The zero-order chi connectivity index (χ0) is 19.9. The van der Waals surface area contributed by atoms with Crippen LogP contribution in [0.25, 0.3) is 0 Å². The van der Waals surface area contributed by atoms with Gasteiger partial charge >= 0.3 is 5.97 Å². The minimum absolute atomic E-state index is 0.234. The summed E-state index contributed by atoms with van der Waals surface area (Å²) in [5, 5.41) is 18.6. The van der Waals surface area contributed by atoms with Gasteiger partial charge in [-0.25, -0.2) is 4.79 Å². The van der Waals surface area contributed by atoms with Crippen LogP contribution in [0.2, 0.25) is 0 Å².